The quantitative estimate of drug-likeness (QED) is 0.385. The van der Waals surface area contributed by atoms with Crippen molar-refractivity contribution < 1.29 is 0 Å². The Labute approximate surface area is 201 Å². The predicted molar refractivity (Wildman–Crippen MR) is 139 cm³/mol. The van der Waals surface area contributed by atoms with Crippen LogP contribution < -0.4 is 0 Å². The molecule has 0 nitrogen and oxygen atoms in total. The van der Waals surface area contributed by atoms with E-state index in [2.05, 4.69) is 13.8 Å². The maximum atomic E-state index is 2.39. The summed E-state index contributed by atoms with van der Waals surface area (Å²) in [5, 5.41) is 0. The molecule has 0 amide bonds. The highest BCUT2D eigenvalue weighted by molar-refractivity contribution is 4.93. The first-order valence-electron chi connectivity index (χ1n) is 15.7. The molecule has 5 saturated carbocycles. The molecule has 8 unspecified atom stereocenters. The maximum absolute atomic E-state index is 2.39. The normalized spacial score (nSPS) is 47.4. The number of hydrogen-bond donors (Lipinski definition) is 0. The summed E-state index contributed by atoms with van der Waals surface area (Å²) in [7, 11) is 0. The Hall–Kier alpha value is 0. The SMILES string of the molecule is CCCC1CCC(C2CCC3CC(C4CCC5CC(CCC)CCC5C4)CCC3C2)CC1. The second-order valence-electron chi connectivity index (χ2n) is 13.8. The van der Waals surface area contributed by atoms with Crippen LogP contribution in [0, 0.1) is 59.2 Å². The van der Waals surface area contributed by atoms with Gasteiger partial charge in [-0.3, -0.25) is 0 Å². The zero-order chi connectivity index (χ0) is 21.9. The van der Waals surface area contributed by atoms with Gasteiger partial charge >= 0.3 is 0 Å². The zero-order valence-electron chi connectivity index (χ0n) is 21.9. The second kappa shape index (κ2) is 11.2. The van der Waals surface area contributed by atoms with Crippen LogP contribution in [0.25, 0.3) is 0 Å². The smallest absolute Gasteiger partial charge is 0.0383 e. The highest BCUT2D eigenvalue weighted by Gasteiger charge is 2.43. The van der Waals surface area contributed by atoms with Gasteiger partial charge in [0, 0.05) is 0 Å². The van der Waals surface area contributed by atoms with Crippen LogP contribution in [0.15, 0.2) is 0 Å². The fourth-order valence-electron chi connectivity index (χ4n) is 10.3. The molecule has 0 bridgehead atoms. The minimum atomic E-state index is 1.08. The molecule has 184 valence electrons. The Bertz CT molecular complexity index is 556. The molecule has 32 heavy (non-hydrogen) atoms. The van der Waals surface area contributed by atoms with Crippen molar-refractivity contribution in [2.45, 2.75) is 142 Å². The first kappa shape index (κ1) is 23.7. The summed E-state index contributed by atoms with van der Waals surface area (Å²) in [6.07, 6.45) is 31.4. The molecular weight excluding hydrogens is 384 g/mol. The Balaban J connectivity index is 1.07. The largest absolute Gasteiger partial charge is 0.0654 e. The van der Waals surface area contributed by atoms with Crippen molar-refractivity contribution in [1.82, 2.24) is 0 Å². The first-order valence-corrected chi connectivity index (χ1v) is 15.7. The Morgan fingerprint density at radius 3 is 1.12 bits per heavy atom. The summed E-state index contributed by atoms with van der Waals surface area (Å²) < 4.78 is 0. The van der Waals surface area contributed by atoms with E-state index in [0.717, 1.165) is 59.2 Å². The molecule has 0 saturated heterocycles. The molecule has 5 rings (SSSR count). The molecule has 0 aromatic rings. The van der Waals surface area contributed by atoms with Gasteiger partial charge in [0.15, 0.2) is 0 Å². The third-order valence-electron chi connectivity index (χ3n) is 12.1. The first-order chi connectivity index (χ1) is 15.7. The van der Waals surface area contributed by atoms with Crippen molar-refractivity contribution in [2.75, 3.05) is 0 Å². The van der Waals surface area contributed by atoms with Gasteiger partial charge in [-0.1, -0.05) is 58.8 Å². The summed E-state index contributed by atoms with van der Waals surface area (Å²) in [6.45, 7) is 4.78. The van der Waals surface area contributed by atoms with Crippen LogP contribution in [0.3, 0.4) is 0 Å². The van der Waals surface area contributed by atoms with Gasteiger partial charge < -0.3 is 0 Å². The monoisotopic (exact) mass is 440 g/mol. The molecule has 0 N–H and O–H groups in total. The van der Waals surface area contributed by atoms with Crippen molar-refractivity contribution in [1.29, 1.82) is 0 Å². The average Bonchev–Trinajstić information content (AvgIpc) is 2.84. The fourth-order valence-corrected chi connectivity index (χ4v) is 10.3. The minimum absolute atomic E-state index is 1.08. The third-order valence-corrected chi connectivity index (χ3v) is 12.1. The third kappa shape index (κ3) is 5.46. The van der Waals surface area contributed by atoms with Crippen molar-refractivity contribution in [3.63, 3.8) is 0 Å². The van der Waals surface area contributed by atoms with Gasteiger partial charge in [-0.15, -0.1) is 0 Å². The highest BCUT2D eigenvalue weighted by Crippen LogP contribution is 2.54. The van der Waals surface area contributed by atoms with Gasteiger partial charge in [-0.25, -0.2) is 0 Å². The molecule has 8 atom stereocenters. The van der Waals surface area contributed by atoms with E-state index in [1.54, 1.807) is 103 Å². The maximum Gasteiger partial charge on any atom is -0.0383 e. The van der Waals surface area contributed by atoms with Gasteiger partial charge in [-0.05, 0) is 143 Å². The van der Waals surface area contributed by atoms with Crippen LogP contribution in [-0.4, -0.2) is 0 Å². The van der Waals surface area contributed by atoms with Crippen molar-refractivity contribution in [3.05, 3.63) is 0 Å². The summed E-state index contributed by atoms with van der Waals surface area (Å²) in [5.74, 6) is 11.1. The molecule has 5 aliphatic rings. The Kier molecular flexibility index (Phi) is 8.28. The van der Waals surface area contributed by atoms with Gasteiger partial charge in [-0.2, -0.15) is 0 Å². The second-order valence-corrected chi connectivity index (χ2v) is 13.8. The van der Waals surface area contributed by atoms with E-state index in [-0.39, 0.29) is 0 Å². The highest BCUT2D eigenvalue weighted by atomic mass is 14.5. The molecule has 0 spiro atoms. The van der Waals surface area contributed by atoms with E-state index >= 15 is 0 Å². The molecular formula is C32H56. The number of fused-ring (bicyclic) bond motifs is 2. The number of hydrogen-bond acceptors (Lipinski definition) is 0. The van der Waals surface area contributed by atoms with Gasteiger partial charge in [0.05, 0.1) is 0 Å². The average molecular weight is 441 g/mol. The lowest BCUT2D eigenvalue weighted by Crippen LogP contribution is -2.38. The van der Waals surface area contributed by atoms with Crippen molar-refractivity contribution in [2.24, 2.45) is 59.2 Å². The summed E-state index contributed by atoms with van der Waals surface area (Å²) in [4.78, 5) is 0. The van der Waals surface area contributed by atoms with Gasteiger partial charge in [0.25, 0.3) is 0 Å². The molecule has 0 aromatic carbocycles. The van der Waals surface area contributed by atoms with E-state index in [4.69, 9.17) is 0 Å². The minimum Gasteiger partial charge on any atom is -0.0654 e. The summed E-state index contributed by atoms with van der Waals surface area (Å²) in [5.41, 5.74) is 0. The predicted octanol–water partition coefficient (Wildman–Crippen LogP) is 10.1. The van der Waals surface area contributed by atoms with Crippen LogP contribution >= 0.6 is 0 Å². The van der Waals surface area contributed by atoms with E-state index in [1.807, 2.05) is 0 Å². The van der Waals surface area contributed by atoms with Gasteiger partial charge in [0.2, 0.25) is 0 Å². The Morgan fingerprint density at radius 2 is 0.656 bits per heavy atom. The molecule has 0 heterocycles. The summed E-state index contributed by atoms with van der Waals surface area (Å²) >= 11 is 0. The van der Waals surface area contributed by atoms with Crippen LogP contribution in [0.2, 0.25) is 0 Å². The Morgan fingerprint density at radius 1 is 0.344 bits per heavy atom. The van der Waals surface area contributed by atoms with Crippen LogP contribution in [0.5, 0.6) is 0 Å². The molecule has 0 radical (unpaired) electrons. The van der Waals surface area contributed by atoms with Crippen LogP contribution in [0.1, 0.15) is 142 Å². The standard InChI is InChI=1S/C32H56/c1-3-5-23-7-10-25(11-8-23)27-14-16-31-22-32(18-17-29(31)20-27)30-15-13-26-19-24(6-4-2)9-12-28(26)21-30/h23-32H,3-22H2,1-2H3. The molecule has 5 aliphatic carbocycles. The molecule has 5 fully saturated rings. The topological polar surface area (TPSA) is 0 Å². The lowest BCUT2D eigenvalue weighted by Gasteiger charge is -2.49. The molecule has 0 heteroatoms. The van der Waals surface area contributed by atoms with Gasteiger partial charge in [0.1, 0.15) is 0 Å². The number of rotatable bonds is 6. The lowest BCUT2D eigenvalue weighted by molar-refractivity contribution is 0.0174. The lowest BCUT2D eigenvalue weighted by atomic mass is 9.56. The van der Waals surface area contributed by atoms with E-state index in [0.29, 0.717) is 0 Å². The van der Waals surface area contributed by atoms with E-state index in [9.17, 15) is 0 Å². The zero-order valence-corrected chi connectivity index (χ0v) is 21.9. The van der Waals surface area contributed by atoms with Crippen LogP contribution in [0.4, 0.5) is 0 Å². The van der Waals surface area contributed by atoms with E-state index in [1.165, 1.54) is 25.7 Å². The summed E-state index contributed by atoms with van der Waals surface area (Å²) in [6, 6.07) is 0. The van der Waals surface area contributed by atoms with E-state index < -0.39 is 0 Å². The fraction of sp³-hybridized carbons (Fsp3) is 1.00. The molecule has 0 aromatic heterocycles. The van der Waals surface area contributed by atoms with Crippen molar-refractivity contribution >= 4 is 0 Å². The molecule has 0 aliphatic heterocycles. The van der Waals surface area contributed by atoms with Crippen molar-refractivity contribution in [3.8, 4) is 0 Å². The van der Waals surface area contributed by atoms with Crippen LogP contribution in [-0.2, 0) is 0 Å².